The third-order valence-corrected chi connectivity index (χ3v) is 7.07. The van der Waals surface area contributed by atoms with Crippen molar-refractivity contribution >= 4 is 33.6 Å². The Bertz CT molecular complexity index is 1680. The van der Waals surface area contributed by atoms with Gasteiger partial charge in [0.2, 0.25) is 0 Å². The fraction of sp³-hybridized carbons (Fsp3) is 0.107. The molecular weight excluding hydrogens is 549 g/mol. The van der Waals surface area contributed by atoms with E-state index in [2.05, 4.69) is 33.5 Å². The summed E-state index contributed by atoms with van der Waals surface area (Å²) in [6, 6.07) is 21.0. The van der Waals surface area contributed by atoms with Crippen LogP contribution in [0.15, 0.2) is 84.0 Å². The first kappa shape index (κ1) is 23.0. The van der Waals surface area contributed by atoms with E-state index in [9.17, 15) is 4.79 Å². The maximum atomic E-state index is 12.8. The highest BCUT2D eigenvalue weighted by atomic mass is 127. The van der Waals surface area contributed by atoms with Gasteiger partial charge in [0.05, 0.1) is 34.9 Å². The van der Waals surface area contributed by atoms with Crippen molar-refractivity contribution in [3.8, 4) is 23.5 Å². The number of aryl methyl sites for hydroxylation is 2. The van der Waals surface area contributed by atoms with E-state index in [0.717, 1.165) is 26.0 Å². The van der Waals surface area contributed by atoms with E-state index in [1.807, 2.05) is 72.3 Å². The average molecular weight is 571 g/mol. The van der Waals surface area contributed by atoms with Gasteiger partial charge in [-0.2, -0.15) is 0 Å². The normalized spacial score (nSPS) is 12.9. The van der Waals surface area contributed by atoms with Crippen molar-refractivity contribution in [1.82, 2.24) is 19.1 Å². The minimum absolute atomic E-state index is 0.128. The second-order valence-electron chi connectivity index (χ2n) is 8.45. The van der Waals surface area contributed by atoms with E-state index >= 15 is 0 Å². The molecule has 0 unspecified atom stereocenters. The number of fused-ring (bicyclic) bond motifs is 1. The predicted molar refractivity (Wildman–Crippen MR) is 147 cm³/mol. The van der Waals surface area contributed by atoms with Gasteiger partial charge in [0, 0.05) is 34.9 Å². The van der Waals surface area contributed by atoms with Crippen molar-refractivity contribution in [2.45, 2.75) is 5.54 Å². The molecule has 35 heavy (non-hydrogen) atoms. The van der Waals surface area contributed by atoms with Crippen LogP contribution in [0.2, 0.25) is 0 Å². The lowest BCUT2D eigenvalue weighted by atomic mass is 9.84. The molecule has 0 bridgehead atoms. The Hall–Kier alpha value is -3.74. The Labute approximate surface area is 216 Å². The summed E-state index contributed by atoms with van der Waals surface area (Å²) in [5.41, 5.74) is 12.0. The summed E-state index contributed by atoms with van der Waals surface area (Å²) in [7, 11) is 3.65. The maximum Gasteiger partial charge on any atom is 0.251 e. The number of hydrogen-bond donors (Lipinski definition) is 1. The van der Waals surface area contributed by atoms with Gasteiger partial charge in [0.25, 0.3) is 5.56 Å². The molecule has 2 N–H and O–H groups in total. The van der Waals surface area contributed by atoms with E-state index in [1.165, 1.54) is 0 Å². The fourth-order valence-corrected chi connectivity index (χ4v) is 4.78. The molecule has 0 spiro atoms. The molecule has 0 fully saturated rings. The van der Waals surface area contributed by atoms with Gasteiger partial charge in [-0.3, -0.25) is 4.79 Å². The van der Waals surface area contributed by atoms with Crippen LogP contribution in [-0.2, 0) is 19.6 Å². The van der Waals surface area contributed by atoms with Crippen LogP contribution >= 0.6 is 22.6 Å². The molecule has 5 aromatic rings. The third-order valence-electron chi connectivity index (χ3n) is 6.35. The minimum Gasteiger partial charge on any atom is -0.335 e. The molecule has 0 aliphatic heterocycles. The summed E-state index contributed by atoms with van der Waals surface area (Å²) >= 11 is 2.27. The smallest absolute Gasteiger partial charge is 0.251 e. The Morgan fingerprint density at radius 2 is 1.83 bits per heavy atom. The predicted octanol–water partition coefficient (Wildman–Crippen LogP) is 4.17. The summed E-state index contributed by atoms with van der Waals surface area (Å²) < 4.78 is 4.60. The summed E-state index contributed by atoms with van der Waals surface area (Å²) in [5.74, 6) is 2.66. The van der Waals surface area contributed by atoms with Crippen LogP contribution in [0.1, 0.15) is 22.5 Å². The lowest BCUT2D eigenvalue weighted by molar-refractivity contribution is 0.580. The van der Waals surface area contributed by atoms with Crippen LogP contribution in [0, 0.1) is 15.9 Å². The molecule has 0 saturated carbocycles. The number of pyridine rings is 2. The Balaban J connectivity index is 1.84. The molecule has 3 aromatic heterocycles. The Morgan fingerprint density at radius 3 is 2.51 bits per heavy atom. The molecule has 0 amide bonds. The molecule has 5 rings (SSSR count). The largest absolute Gasteiger partial charge is 0.335 e. The maximum absolute atomic E-state index is 12.8. The van der Waals surface area contributed by atoms with Crippen LogP contribution in [0.4, 0.5) is 0 Å². The van der Waals surface area contributed by atoms with E-state index < -0.39 is 5.54 Å². The molecule has 172 valence electrons. The second kappa shape index (κ2) is 8.80. The van der Waals surface area contributed by atoms with Gasteiger partial charge in [-0.05, 0) is 70.1 Å². The van der Waals surface area contributed by atoms with Crippen molar-refractivity contribution in [2.24, 2.45) is 19.8 Å². The monoisotopic (exact) mass is 571 g/mol. The number of terminal acetylenes is 1. The van der Waals surface area contributed by atoms with E-state index in [1.54, 1.807) is 30.2 Å². The zero-order valence-corrected chi connectivity index (χ0v) is 21.4. The minimum atomic E-state index is -1.07. The van der Waals surface area contributed by atoms with Crippen LogP contribution < -0.4 is 11.3 Å². The van der Waals surface area contributed by atoms with Crippen molar-refractivity contribution < 1.29 is 0 Å². The molecule has 0 saturated heterocycles. The van der Waals surface area contributed by atoms with Crippen molar-refractivity contribution in [3.63, 3.8) is 0 Å². The second-order valence-corrected chi connectivity index (χ2v) is 9.69. The van der Waals surface area contributed by atoms with E-state index in [0.29, 0.717) is 22.3 Å². The van der Waals surface area contributed by atoms with Gasteiger partial charge in [-0.1, -0.05) is 30.2 Å². The molecule has 1 atom stereocenters. The highest BCUT2D eigenvalue weighted by molar-refractivity contribution is 14.1. The number of benzene rings is 2. The van der Waals surface area contributed by atoms with Gasteiger partial charge in [0.15, 0.2) is 0 Å². The topological polar surface area (TPSA) is 78.7 Å². The summed E-state index contributed by atoms with van der Waals surface area (Å²) in [5, 5.41) is 0. The molecule has 7 heteroatoms. The average Bonchev–Trinajstić information content (AvgIpc) is 3.32. The molecule has 0 radical (unpaired) electrons. The third kappa shape index (κ3) is 3.85. The van der Waals surface area contributed by atoms with E-state index in [4.69, 9.17) is 17.1 Å². The molecule has 0 aliphatic rings. The summed E-state index contributed by atoms with van der Waals surface area (Å²) in [4.78, 5) is 22.2. The summed E-state index contributed by atoms with van der Waals surface area (Å²) in [6.07, 6.45) is 9.12. The van der Waals surface area contributed by atoms with Gasteiger partial charge in [-0.15, -0.1) is 6.42 Å². The van der Waals surface area contributed by atoms with Crippen molar-refractivity contribution in [3.05, 3.63) is 116 Å². The molecule has 2 aromatic carbocycles. The number of hydrogen-bond acceptors (Lipinski definition) is 4. The number of aromatic nitrogens is 4. The first-order valence-corrected chi connectivity index (χ1v) is 12.0. The molecular formula is C28H22IN5O. The zero-order valence-electron chi connectivity index (χ0n) is 19.2. The quantitative estimate of drug-likeness (QED) is 0.260. The number of nitrogens with two attached hydrogens (primary N) is 1. The SMILES string of the molecule is C#Cc1cccc(-c2cc(=O)n(C)c3ccc([C@](N)(c4ccc(I)cc4)c4cncn4C)nc23)c1. The lowest BCUT2D eigenvalue weighted by Gasteiger charge is -2.30. The number of rotatable bonds is 4. The Morgan fingerprint density at radius 1 is 1.06 bits per heavy atom. The van der Waals surface area contributed by atoms with E-state index in [-0.39, 0.29) is 5.56 Å². The molecule has 3 heterocycles. The van der Waals surface area contributed by atoms with Gasteiger partial charge in [0.1, 0.15) is 5.54 Å². The van der Waals surface area contributed by atoms with Gasteiger partial charge in [-0.25, -0.2) is 9.97 Å². The number of imidazole rings is 1. The van der Waals surface area contributed by atoms with Crippen LogP contribution in [-0.4, -0.2) is 19.1 Å². The fourth-order valence-electron chi connectivity index (χ4n) is 4.42. The van der Waals surface area contributed by atoms with Crippen molar-refractivity contribution in [1.29, 1.82) is 0 Å². The number of nitrogens with zero attached hydrogens (tertiary/aromatic N) is 4. The summed E-state index contributed by atoms with van der Waals surface area (Å²) in [6.45, 7) is 0. The zero-order chi connectivity index (χ0) is 24.7. The highest BCUT2D eigenvalue weighted by Gasteiger charge is 2.36. The molecule has 6 nitrogen and oxygen atoms in total. The van der Waals surface area contributed by atoms with Crippen molar-refractivity contribution in [2.75, 3.05) is 0 Å². The standard InChI is InChI=1S/C28H22IN5O/c1-4-18-6-5-7-19(14-18)22-15-26(35)34(3)23-12-13-24(32-27(22)23)28(30,25-16-31-17-33(25)2)20-8-10-21(29)11-9-20/h1,5-17H,30H2,2-3H3/t28-/m1/s1. The lowest BCUT2D eigenvalue weighted by Crippen LogP contribution is -2.41. The van der Waals surface area contributed by atoms with Crippen LogP contribution in [0.25, 0.3) is 22.2 Å². The van der Waals surface area contributed by atoms with Gasteiger partial charge >= 0.3 is 0 Å². The first-order valence-electron chi connectivity index (χ1n) is 10.9. The Kier molecular flexibility index (Phi) is 5.79. The first-order chi connectivity index (χ1) is 16.8. The van der Waals surface area contributed by atoms with Crippen LogP contribution in [0.5, 0.6) is 0 Å². The van der Waals surface area contributed by atoms with Crippen LogP contribution in [0.3, 0.4) is 0 Å². The number of halogens is 1. The highest BCUT2D eigenvalue weighted by Crippen LogP contribution is 2.35. The van der Waals surface area contributed by atoms with Gasteiger partial charge < -0.3 is 14.9 Å². The molecule has 0 aliphatic carbocycles.